The average Bonchev–Trinajstić information content (AvgIpc) is 2.85. The van der Waals surface area contributed by atoms with Gasteiger partial charge in [0.2, 0.25) is 0 Å². The highest BCUT2D eigenvalue weighted by atomic mass is 35.5. The molecule has 1 aromatic heterocycles. The standard InChI is InChI=1S/C19H16Cl2FN3O/c1-11-18(23-19(26)15-5-3-4-6-17(15)22)12(2)25(24-11)10-13-7-8-14(20)9-16(13)21/h3-9H,10H2,1-2H3,(H,23,26). The van der Waals surface area contributed by atoms with E-state index in [0.717, 1.165) is 11.3 Å². The van der Waals surface area contributed by atoms with Crippen molar-refractivity contribution in [3.05, 3.63) is 80.8 Å². The summed E-state index contributed by atoms with van der Waals surface area (Å²) in [6.45, 7) is 4.04. The van der Waals surface area contributed by atoms with Crippen LogP contribution in [0.4, 0.5) is 10.1 Å². The number of hydrogen-bond donors (Lipinski definition) is 1. The molecule has 0 aliphatic carbocycles. The second-order valence-corrected chi connectivity index (χ2v) is 6.72. The molecule has 0 unspecified atom stereocenters. The highest BCUT2D eigenvalue weighted by Gasteiger charge is 2.18. The van der Waals surface area contributed by atoms with E-state index in [0.29, 0.717) is 28.0 Å². The number of hydrogen-bond acceptors (Lipinski definition) is 2. The van der Waals surface area contributed by atoms with Crippen LogP contribution in [0.1, 0.15) is 27.3 Å². The Kier molecular flexibility index (Phi) is 5.30. The summed E-state index contributed by atoms with van der Waals surface area (Å²) in [5.41, 5.74) is 2.78. The number of nitrogens with zero attached hydrogens (tertiary/aromatic N) is 2. The predicted molar refractivity (Wildman–Crippen MR) is 102 cm³/mol. The lowest BCUT2D eigenvalue weighted by Gasteiger charge is -2.09. The first kappa shape index (κ1) is 18.4. The lowest BCUT2D eigenvalue weighted by molar-refractivity contribution is 0.102. The first-order chi connectivity index (χ1) is 12.4. The van der Waals surface area contributed by atoms with E-state index in [9.17, 15) is 9.18 Å². The van der Waals surface area contributed by atoms with Crippen LogP contribution in [0.25, 0.3) is 0 Å². The fraction of sp³-hybridized carbons (Fsp3) is 0.158. The van der Waals surface area contributed by atoms with Gasteiger partial charge < -0.3 is 5.32 Å². The summed E-state index contributed by atoms with van der Waals surface area (Å²) in [6.07, 6.45) is 0. The van der Waals surface area contributed by atoms with Gasteiger partial charge in [-0.25, -0.2) is 4.39 Å². The van der Waals surface area contributed by atoms with E-state index in [-0.39, 0.29) is 5.56 Å². The number of carbonyl (C=O) groups is 1. The predicted octanol–water partition coefficient (Wildman–Crippen LogP) is 5.25. The Bertz CT molecular complexity index is 985. The van der Waals surface area contributed by atoms with E-state index in [4.69, 9.17) is 23.2 Å². The molecule has 1 amide bonds. The van der Waals surface area contributed by atoms with Crippen LogP contribution in [0, 0.1) is 19.7 Å². The molecule has 3 aromatic rings. The van der Waals surface area contributed by atoms with Crippen LogP contribution < -0.4 is 5.32 Å². The molecule has 1 heterocycles. The van der Waals surface area contributed by atoms with Crippen LogP contribution in [0.5, 0.6) is 0 Å². The van der Waals surface area contributed by atoms with Gasteiger partial charge in [-0.05, 0) is 43.7 Å². The van der Waals surface area contributed by atoms with E-state index < -0.39 is 11.7 Å². The molecular formula is C19H16Cl2FN3O. The van der Waals surface area contributed by atoms with Crippen molar-refractivity contribution in [1.29, 1.82) is 0 Å². The average molecular weight is 392 g/mol. The van der Waals surface area contributed by atoms with Crippen LogP contribution in [0.15, 0.2) is 42.5 Å². The van der Waals surface area contributed by atoms with Crippen molar-refractivity contribution in [1.82, 2.24) is 9.78 Å². The lowest BCUT2D eigenvalue weighted by Crippen LogP contribution is -2.15. The van der Waals surface area contributed by atoms with Crippen LogP contribution >= 0.6 is 23.2 Å². The first-order valence-corrected chi connectivity index (χ1v) is 8.66. The maximum Gasteiger partial charge on any atom is 0.258 e. The van der Waals surface area contributed by atoms with Gasteiger partial charge in [-0.15, -0.1) is 0 Å². The smallest absolute Gasteiger partial charge is 0.258 e. The van der Waals surface area contributed by atoms with E-state index in [1.807, 2.05) is 13.0 Å². The largest absolute Gasteiger partial charge is 0.319 e. The minimum atomic E-state index is -0.569. The normalized spacial score (nSPS) is 10.8. The molecule has 0 bridgehead atoms. The second kappa shape index (κ2) is 7.48. The Morgan fingerprint density at radius 1 is 1.19 bits per heavy atom. The number of benzene rings is 2. The zero-order valence-corrected chi connectivity index (χ0v) is 15.7. The molecular weight excluding hydrogens is 376 g/mol. The summed E-state index contributed by atoms with van der Waals surface area (Å²) in [5.74, 6) is -1.08. The number of rotatable bonds is 4. The molecule has 0 aliphatic rings. The van der Waals surface area contributed by atoms with Gasteiger partial charge >= 0.3 is 0 Å². The van der Waals surface area contributed by atoms with Gasteiger partial charge in [-0.2, -0.15) is 5.10 Å². The SMILES string of the molecule is Cc1nn(Cc2ccc(Cl)cc2Cl)c(C)c1NC(=O)c1ccccc1F. The molecule has 0 spiro atoms. The molecule has 4 nitrogen and oxygen atoms in total. The molecule has 26 heavy (non-hydrogen) atoms. The van der Waals surface area contributed by atoms with Crippen LogP contribution in [0.3, 0.4) is 0 Å². The lowest BCUT2D eigenvalue weighted by atomic mass is 10.2. The minimum Gasteiger partial charge on any atom is -0.319 e. The Labute approximate surface area is 160 Å². The van der Waals surface area contributed by atoms with Crippen molar-refractivity contribution >= 4 is 34.8 Å². The number of carbonyl (C=O) groups excluding carboxylic acids is 1. The summed E-state index contributed by atoms with van der Waals surface area (Å²) in [5, 5.41) is 8.31. The van der Waals surface area contributed by atoms with Gasteiger partial charge in [-0.3, -0.25) is 9.48 Å². The van der Waals surface area contributed by atoms with Crippen molar-refractivity contribution < 1.29 is 9.18 Å². The second-order valence-electron chi connectivity index (χ2n) is 5.87. The third-order valence-corrected chi connectivity index (χ3v) is 4.66. The molecule has 0 atom stereocenters. The zero-order chi connectivity index (χ0) is 18.8. The molecule has 134 valence electrons. The summed E-state index contributed by atoms with van der Waals surface area (Å²) < 4.78 is 15.5. The minimum absolute atomic E-state index is 0.0141. The summed E-state index contributed by atoms with van der Waals surface area (Å²) in [6, 6.07) is 11.1. The van der Waals surface area contributed by atoms with E-state index in [1.54, 1.807) is 29.8 Å². The van der Waals surface area contributed by atoms with E-state index in [2.05, 4.69) is 10.4 Å². The van der Waals surface area contributed by atoms with Gasteiger partial charge in [0.05, 0.1) is 29.2 Å². The number of anilines is 1. The molecule has 3 rings (SSSR count). The number of aromatic nitrogens is 2. The van der Waals surface area contributed by atoms with Gasteiger partial charge in [-0.1, -0.05) is 41.4 Å². The van der Waals surface area contributed by atoms with Gasteiger partial charge in [0.15, 0.2) is 0 Å². The van der Waals surface area contributed by atoms with Gasteiger partial charge in [0, 0.05) is 10.0 Å². The zero-order valence-electron chi connectivity index (χ0n) is 14.2. The van der Waals surface area contributed by atoms with Crippen LogP contribution in [0.2, 0.25) is 10.0 Å². The van der Waals surface area contributed by atoms with Crippen LogP contribution in [-0.2, 0) is 6.54 Å². The van der Waals surface area contributed by atoms with Crippen LogP contribution in [-0.4, -0.2) is 15.7 Å². The fourth-order valence-electron chi connectivity index (χ4n) is 2.67. The summed E-state index contributed by atoms with van der Waals surface area (Å²) >= 11 is 12.1. The number of amides is 1. The summed E-state index contributed by atoms with van der Waals surface area (Å²) in [7, 11) is 0. The van der Waals surface area contributed by atoms with E-state index in [1.165, 1.54) is 18.2 Å². The highest BCUT2D eigenvalue weighted by Crippen LogP contribution is 2.25. The highest BCUT2D eigenvalue weighted by molar-refractivity contribution is 6.35. The molecule has 0 fully saturated rings. The Morgan fingerprint density at radius 3 is 2.62 bits per heavy atom. The fourth-order valence-corrected chi connectivity index (χ4v) is 3.14. The molecule has 7 heteroatoms. The Balaban J connectivity index is 1.86. The third kappa shape index (κ3) is 3.74. The number of halogens is 3. The quantitative estimate of drug-likeness (QED) is 0.660. The van der Waals surface area contributed by atoms with Crippen molar-refractivity contribution in [2.45, 2.75) is 20.4 Å². The Morgan fingerprint density at radius 2 is 1.92 bits per heavy atom. The topological polar surface area (TPSA) is 46.9 Å². The molecule has 1 N–H and O–H groups in total. The molecule has 0 radical (unpaired) electrons. The van der Waals surface area contributed by atoms with Gasteiger partial charge in [0.25, 0.3) is 5.91 Å². The van der Waals surface area contributed by atoms with Crippen molar-refractivity contribution in [2.75, 3.05) is 5.32 Å². The molecule has 0 saturated carbocycles. The molecule has 0 saturated heterocycles. The van der Waals surface area contributed by atoms with Crippen molar-refractivity contribution in [3.63, 3.8) is 0 Å². The van der Waals surface area contributed by atoms with E-state index >= 15 is 0 Å². The number of nitrogens with one attached hydrogen (secondary N) is 1. The molecule has 2 aromatic carbocycles. The Hall–Kier alpha value is -2.37. The molecule has 0 aliphatic heterocycles. The third-order valence-electron chi connectivity index (χ3n) is 4.07. The first-order valence-electron chi connectivity index (χ1n) is 7.90. The van der Waals surface area contributed by atoms with Gasteiger partial charge in [0.1, 0.15) is 5.82 Å². The maximum absolute atomic E-state index is 13.8. The monoisotopic (exact) mass is 391 g/mol. The van der Waals surface area contributed by atoms with Crippen molar-refractivity contribution in [2.24, 2.45) is 0 Å². The number of aryl methyl sites for hydroxylation is 1. The summed E-state index contributed by atoms with van der Waals surface area (Å²) in [4.78, 5) is 12.4. The van der Waals surface area contributed by atoms with Crippen molar-refractivity contribution in [3.8, 4) is 0 Å². The maximum atomic E-state index is 13.8.